The number of rotatable bonds is 3. The van der Waals surface area contributed by atoms with Gasteiger partial charge in [0, 0.05) is 10.6 Å². The summed E-state index contributed by atoms with van der Waals surface area (Å²) in [5, 5.41) is 8.67. The molecule has 0 saturated carbocycles. The third-order valence-electron chi connectivity index (χ3n) is 1.61. The van der Waals surface area contributed by atoms with Gasteiger partial charge in [0.05, 0.1) is 5.02 Å². The standard InChI is InChI=1S/C9H10ClNO2S/c1-5(9(12)13)14-8-3-2-6(11)4-7(8)10/h2-5H,11H2,1H3,(H,12,13). The van der Waals surface area contributed by atoms with Gasteiger partial charge in [0.15, 0.2) is 0 Å². The molecule has 1 aromatic rings. The van der Waals surface area contributed by atoms with Crippen molar-refractivity contribution in [2.24, 2.45) is 0 Å². The maximum absolute atomic E-state index is 10.6. The Morgan fingerprint density at radius 1 is 1.64 bits per heavy atom. The molecule has 0 aromatic heterocycles. The molecule has 1 unspecified atom stereocenters. The van der Waals surface area contributed by atoms with E-state index in [1.807, 2.05) is 0 Å². The molecule has 0 aliphatic carbocycles. The van der Waals surface area contributed by atoms with Gasteiger partial charge in [0.25, 0.3) is 0 Å². The van der Waals surface area contributed by atoms with E-state index < -0.39 is 11.2 Å². The molecule has 1 atom stereocenters. The van der Waals surface area contributed by atoms with Gasteiger partial charge in [0.1, 0.15) is 5.25 Å². The maximum Gasteiger partial charge on any atom is 0.316 e. The number of carboxylic acids is 1. The number of aliphatic carboxylic acids is 1. The Morgan fingerprint density at radius 2 is 2.29 bits per heavy atom. The van der Waals surface area contributed by atoms with Crippen LogP contribution in [0.3, 0.4) is 0 Å². The minimum Gasteiger partial charge on any atom is -0.480 e. The predicted octanol–water partition coefficient (Wildman–Crippen LogP) is 2.49. The molecule has 0 amide bonds. The number of nitrogens with two attached hydrogens (primary N) is 1. The van der Waals surface area contributed by atoms with Crippen LogP contribution in [-0.2, 0) is 4.79 Å². The van der Waals surface area contributed by atoms with Crippen molar-refractivity contribution in [1.82, 2.24) is 0 Å². The molecule has 0 radical (unpaired) electrons. The number of hydrogen-bond acceptors (Lipinski definition) is 3. The van der Waals surface area contributed by atoms with E-state index in [2.05, 4.69) is 0 Å². The SMILES string of the molecule is CC(Sc1ccc(N)cc1Cl)C(=O)O. The molecule has 0 bridgehead atoms. The van der Waals surface area contributed by atoms with E-state index in [9.17, 15) is 4.79 Å². The lowest BCUT2D eigenvalue weighted by atomic mass is 10.3. The summed E-state index contributed by atoms with van der Waals surface area (Å²) < 4.78 is 0. The fourth-order valence-electron chi connectivity index (χ4n) is 0.854. The second-order valence-corrected chi connectivity index (χ2v) is 4.58. The van der Waals surface area contributed by atoms with Crippen LogP contribution in [0.2, 0.25) is 5.02 Å². The van der Waals surface area contributed by atoms with Gasteiger partial charge in [-0.15, -0.1) is 11.8 Å². The van der Waals surface area contributed by atoms with Gasteiger partial charge in [0.2, 0.25) is 0 Å². The molecule has 3 N–H and O–H groups in total. The predicted molar refractivity (Wildman–Crippen MR) is 58.8 cm³/mol. The molecule has 1 aromatic carbocycles. The normalized spacial score (nSPS) is 12.4. The molecule has 14 heavy (non-hydrogen) atoms. The fourth-order valence-corrected chi connectivity index (χ4v) is 1.98. The second-order valence-electron chi connectivity index (χ2n) is 2.79. The molecule has 0 saturated heterocycles. The molecule has 1 rings (SSSR count). The Morgan fingerprint density at radius 3 is 2.79 bits per heavy atom. The number of benzene rings is 1. The van der Waals surface area contributed by atoms with Crippen LogP contribution >= 0.6 is 23.4 Å². The zero-order chi connectivity index (χ0) is 10.7. The number of carbonyl (C=O) groups is 1. The third-order valence-corrected chi connectivity index (χ3v) is 3.20. The Bertz CT molecular complexity index is 357. The molecule has 0 spiro atoms. The summed E-state index contributed by atoms with van der Waals surface area (Å²) in [5.41, 5.74) is 6.08. The van der Waals surface area contributed by atoms with E-state index in [0.29, 0.717) is 10.7 Å². The fraction of sp³-hybridized carbons (Fsp3) is 0.222. The number of nitrogen functional groups attached to an aromatic ring is 1. The third kappa shape index (κ3) is 2.82. The molecule has 0 fully saturated rings. The van der Waals surface area contributed by atoms with Crippen molar-refractivity contribution in [3.63, 3.8) is 0 Å². The van der Waals surface area contributed by atoms with Gasteiger partial charge in [-0.3, -0.25) is 4.79 Å². The van der Waals surface area contributed by atoms with Crippen molar-refractivity contribution in [2.75, 3.05) is 5.73 Å². The molecule has 0 aliphatic heterocycles. The molecule has 5 heteroatoms. The van der Waals surface area contributed by atoms with Crippen LogP contribution in [0.25, 0.3) is 0 Å². The van der Waals surface area contributed by atoms with E-state index in [0.717, 1.165) is 4.90 Å². The quantitative estimate of drug-likeness (QED) is 0.620. The van der Waals surface area contributed by atoms with Crippen molar-refractivity contribution >= 4 is 35.0 Å². The summed E-state index contributed by atoms with van der Waals surface area (Å²) in [4.78, 5) is 11.3. The Kier molecular flexibility index (Phi) is 3.66. The molecule has 76 valence electrons. The highest BCUT2D eigenvalue weighted by Crippen LogP contribution is 2.31. The van der Waals surface area contributed by atoms with Gasteiger partial charge in [-0.2, -0.15) is 0 Å². The lowest BCUT2D eigenvalue weighted by Crippen LogP contribution is -2.11. The lowest BCUT2D eigenvalue weighted by Gasteiger charge is -2.07. The monoisotopic (exact) mass is 231 g/mol. The van der Waals surface area contributed by atoms with Gasteiger partial charge in [-0.05, 0) is 25.1 Å². The van der Waals surface area contributed by atoms with Crippen molar-refractivity contribution in [3.8, 4) is 0 Å². The molecule has 3 nitrogen and oxygen atoms in total. The number of thioether (sulfide) groups is 1. The molecule has 0 aliphatic rings. The number of halogens is 1. The van der Waals surface area contributed by atoms with Crippen LogP contribution in [0.5, 0.6) is 0 Å². The highest BCUT2D eigenvalue weighted by atomic mass is 35.5. The van der Waals surface area contributed by atoms with Crippen LogP contribution in [0.15, 0.2) is 23.1 Å². The Hall–Kier alpha value is -0.870. The van der Waals surface area contributed by atoms with Crippen LogP contribution < -0.4 is 5.73 Å². The Balaban J connectivity index is 2.82. The smallest absolute Gasteiger partial charge is 0.316 e. The highest BCUT2D eigenvalue weighted by molar-refractivity contribution is 8.00. The van der Waals surface area contributed by atoms with Crippen LogP contribution in [0.4, 0.5) is 5.69 Å². The maximum atomic E-state index is 10.6. The first-order valence-electron chi connectivity index (χ1n) is 3.95. The number of carboxylic acid groups (broad SMARTS) is 1. The van der Waals surface area contributed by atoms with Crippen molar-refractivity contribution in [2.45, 2.75) is 17.1 Å². The van der Waals surface area contributed by atoms with Crippen molar-refractivity contribution in [1.29, 1.82) is 0 Å². The number of anilines is 1. The van der Waals surface area contributed by atoms with Gasteiger partial charge in [-0.25, -0.2) is 0 Å². The number of hydrogen-bond donors (Lipinski definition) is 2. The Labute approximate surface area is 91.2 Å². The average molecular weight is 232 g/mol. The van der Waals surface area contributed by atoms with Gasteiger partial charge < -0.3 is 10.8 Å². The van der Waals surface area contributed by atoms with Crippen LogP contribution in [0.1, 0.15) is 6.92 Å². The average Bonchev–Trinajstić information content (AvgIpc) is 2.09. The summed E-state index contributed by atoms with van der Waals surface area (Å²) in [7, 11) is 0. The lowest BCUT2D eigenvalue weighted by molar-refractivity contribution is -0.136. The summed E-state index contributed by atoms with van der Waals surface area (Å²) in [5.74, 6) is -0.858. The van der Waals surface area contributed by atoms with Crippen molar-refractivity contribution < 1.29 is 9.90 Å². The van der Waals surface area contributed by atoms with Gasteiger partial charge >= 0.3 is 5.97 Å². The summed E-state index contributed by atoms with van der Waals surface area (Å²) in [6.45, 7) is 1.61. The van der Waals surface area contributed by atoms with E-state index in [-0.39, 0.29) is 0 Å². The van der Waals surface area contributed by atoms with E-state index in [1.54, 1.807) is 25.1 Å². The van der Waals surface area contributed by atoms with Gasteiger partial charge in [-0.1, -0.05) is 11.6 Å². The summed E-state index contributed by atoms with van der Waals surface area (Å²) in [6.07, 6.45) is 0. The topological polar surface area (TPSA) is 63.3 Å². The minimum atomic E-state index is -0.858. The zero-order valence-electron chi connectivity index (χ0n) is 7.53. The summed E-state index contributed by atoms with van der Waals surface area (Å²) in [6, 6.07) is 5.03. The van der Waals surface area contributed by atoms with E-state index >= 15 is 0 Å². The largest absolute Gasteiger partial charge is 0.480 e. The highest BCUT2D eigenvalue weighted by Gasteiger charge is 2.14. The first-order chi connectivity index (χ1) is 6.50. The summed E-state index contributed by atoms with van der Waals surface area (Å²) >= 11 is 7.08. The van der Waals surface area contributed by atoms with Crippen molar-refractivity contribution in [3.05, 3.63) is 23.2 Å². The van der Waals surface area contributed by atoms with Crippen LogP contribution in [0, 0.1) is 0 Å². The first-order valence-corrected chi connectivity index (χ1v) is 5.21. The molecular weight excluding hydrogens is 222 g/mol. The van der Waals surface area contributed by atoms with E-state index in [4.69, 9.17) is 22.4 Å². The molecular formula is C9H10ClNO2S. The molecule has 0 heterocycles. The minimum absolute atomic E-state index is 0.489. The first kappa shape index (κ1) is 11.2. The zero-order valence-corrected chi connectivity index (χ0v) is 9.10. The second kappa shape index (κ2) is 4.57. The van der Waals surface area contributed by atoms with Crippen LogP contribution in [-0.4, -0.2) is 16.3 Å². The van der Waals surface area contributed by atoms with E-state index in [1.165, 1.54) is 11.8 Å².